The molecule has 2 bridgehead atoms. The van der Waals surface area contributed by atoms with E-state index in [1.165, 1.54) is 5.41 Å². The number of hydrogen-bond acceptors (Lipinski definition) is 8. The molecule has 5 aliphatic heterocycles. The lowest BCUT2D eigenvalue weighted by molar-refractivity contribution is -0.573. The van der Waals surface area contributed by atoms with Crippen molar-refractivity contribution in [2.24, 2.45) is 23.7 Å². The number of nitrogens with zero attached hydrogens (tertiary/aromatic N) is 1. The lowest BCUT2D eigenvalue weighted by Gasteiger charge is -2.61. The van der Waals surface area contributed by atoms with E-state index in [2.05, 4.69) is 13.8 Å². The van der Waals surface area contributed by atoms with Crippen LogP contribution in [0.15, 0.2) is 11.6 Å². The SMILES string of the molecule is C[C@@H]1CCC2[C@@H](C)[C@H](N3C=CS(=O)(=O)CC3)OC3O[C@]4(C)C[C@H](O)C1[C@]32OO4. The predicted octanol–water partition coefficient (Wildman–Crippen LogP) is 1.37. The van der Waals surface area contributed by atoms with Crippen molar-refractivity contribution in [1.82, 2.24) is 4.90 Å². The van der Waals surface area contributed by atoms with Crippen molar-refractivity contribution in [2.75, 3.05) is 12.3 Å². The van der Waals surface area contributed by atoms with Gasteiger partial charge < -0.3 is 19.5 Å². The van der Waals surface area contributed by atoms with Crippen LogP contribution in [-0.2, 0) is 29.1 Å². The molecule has 6 aliphatic rings. The van der Waals surface area contributed by atoms with Gasteiger partial charge in [-0.3, -0.25) is 0 Å². The summed E-state index contributed by atoms with van der Waals surface area (Å²) in [5, 5.41) is 12.3. The average Bonchev–Trinajstić information content (AvgIpc) is 2.79. The maximum atomic E-state index is 11.8. The van der Waals surface area contributed by atoms with Crippen molar-refractivity contribution in [1.29, 1.82) is 0 Å². The van der Waals surface area contributed by atoms with Gasteiger partial charge >= 0.3 is 0 Å². The third kappa shape index (κ3) is 2.63. The van der Waals surface area contributed by atoms with Gasteiger partial charge in [0.1, 0.15) is 6.23 Å². The standard InChI is InChI=1S/C19H29NO7S/c1-11-4-5-13-12(2)16(20-6-8-28(22,23)9-7-20)24-17-19(13)15(11)14(21)10-18(3,25-17)26-27-19/h6,8,11-17,21H,4-5,7,9-10H2,1-3H3/t11-,12-,13?,14+,15?,16-,17?,18+,19+/m1/s1. The number of aliphatic hydroxyl groups excluding tert-OH is 1. The highest BCUT2D eigenvalue weighted by molar-refractivity contribution is 7.94. The highest BCUT2D eigenvalue weighted by Crippen LogP contribution is 2.60. The molecule has 0 aromatic rings. The summed E-state index contributed by atoms with van der Waals surface area (Å²) in [5.41, 5.74) is -0.853. The van der Waals surface area contributed by atoms with E-state index in [1.54, 1.807) is 13.1 Å². The highest BCUT2D eigenvalue weighted by atomic mass is 32.2. The molecule has 1 saturated carbocycles. The molecule has 28 heavy (non-hydrogen) atoms. The topological polar surface area (TPSA) is 94.5 Å². The van der Waals surface area contributed by atoms with Crippen LogP contribution in [0.4, 0.5) is 0 Å². The minimum atomic E-state index is -3.14. The molecule has 9 atom stereocenters. The Kier molecular flexibility index (Phi) is 4.23. The van der Waals surface area contributed by atoms with Crippen LogP contribution in [0.25, 0.3) is 0 Å². The molecule has 6 rings (SSSR count). The molecule has 1 aliphatic carbocycles. The summed E-state index contributed by atoms with van der Waals surface area (Å²) in [5.74, 6) is -0.744. The lowest BCUT2D eigenvalue weighted by atomic mass is 9.57. The normalized spacial score (nSPS) is 54.9. The number of ether oxygens (including phenoxy) is 2. The maximum absolute atomic E-state index is 11.8. The van der Waals surface area contributed by atoms with Crippen molar-refractivity contribution in [3.05, 3.63) is 11.6 Å². The molecule has 0 amide bonds. The van der Waals surface area contributed by atoms with E-state index < -0.39 is 33.6 Å². The first-order valence-electron chi connectivity index (χ1n) is 10.2. The second-order valence-corrected chi connectivity index (χ2v) is 11.3. The summed E-state index contributed by atoms with van der Waals surface area (Å²) in [6.07, 6.45) is 2.27. The average molecular weight is 416 g/mol. The van der Waals surface area contributed by atoms with Gasteiger partial charge in [-0.05, 0) is 25.7 Å². The monoisotopic (exact) mass is 415 g/mol. The zero-order valence-electron chi connectivity index (χ0n) is 16.5. The lowest BCUT2D eigenvalue weighted by Crippen LogP contribution is -2.72. The Morgan fingerprint density at radius 2 is 2.00 bits per heavy atom. The number of aliphatic hydroxyl groups is 1. The zero-order chi connectivity index (χ0) is 19.9. The first-order chi connectivity index (χ1) is 13.2. The molecule has 4 saturated heterocycles. The van der Waals surface area contributed by atoms with E-state index in [0.29, 0.717) is 13.0 Å². The molecule has 0 aromatic carbocycles. The van der Waals surface area contributed by atoms with Gasteiger partial charge in [0.25, 0.3) is 0 Å². The first kappa shape index (κ1) is 19.3. The van der Waals surface area contributed by atoms with Crippen LogP contribution in [0.2, 0.25) is 0 Å². The summed E-state index contributed by atoms with van der Waals surface area (Å²) >= 11 is 0. The Bertz CT molecular complexity index is 787. The fraction of sp³-hybridized carbons (Fsp3) is 0.895. The second kappa shape index (κ2) is 6.15. The third-order valence-electron chi connectivity index (χ3n) is 7.50. The van der Waals surface area contributed by atoms with E-state index in [0.717, 1.165) is 12.8 Å². The van der Waals surface area contributed by atoms with Crippen molar-refractivity contribution < 1.29 is 32.8 Å². The molecule has 0 radical (unpaired) electrons. The molecular weight excluding hydrogens is 386 g/mol. The van der Waals surface area contributed by atoms with Crippen LogP contribution in [0.3, 0.4) is 0 Å². The summed E-state index contributed by atoms with van der Waals surface area (Å²) in [6, 6.07) is 0. The fourth-order valence-electron chi connectivity index (χ4n) is 6.19. The number of hydrogen-bond donors (Lipinski definition) is 1. The molecule has 1 N–H and O–H groups in total. The molecule has 9 heteroatoms. The molecule has 158 valence electrons. The van der Waals surface area contributed by atoms with Gasteiger partial charge in [-0.1, -0.05) is 13.8 Å². The number of fused-ring (bicyclic) bond motifs is 2. The van der Waals surface area contributed by atoms with Gasteiger partial charge in [-0.15, -0.1) is 0 Å². The summed E-state index contributed by atoms with van der Waals surface area (Å²) in [4.78, 5) is 13.7. The smallest absolute Gasteiger partial charge is 0.204 e. The molecule has 5 fully saturated rings. The largest absolute Gasteiger partial charge is 0.392 e. The predicted molar refractivity (Wildman–Crippen MR) is 97.9 cm³/mol. The highest BCUT2D eigenvalue weighted by Gasteiger charge is 2.71. The zero-order valence-corrected chi connectivity index (χ0v) is 17.3. The molecular formula is C19H29NO7S. The van der Waals surface area contributed by atoms with E-state index in [9.17, 15) is 13.5 Å². The molecule has 3 unspecified atom stereocenters. The molecule has 0 aromatic heterocycles. The van der Waals surface area contributed by atoms with E-state index >= 15 is 0 Å². The Morgan fingerprint density at radius 1 is 1.21 bits per heavy atom. The summed E-state index contributed by atoms with van der Waals surface area (Å²) in [7, 11) is -3.14. The molecule has 5 heterocycles. The number of sulfone groups is 1. The molecule has 8 nitrogen and oxygen atoms in total. The van der Waals surface area contributed by atoms with Gasteiger partial charge in [0, 0.05) is 42.3 Å². The van der Waals surface area contributed by atoms with Crippen LogP contribution >= 0.6 is 0 Å². The second-order valence-electron chi connectivity index (χ2n) is 9.34. The third-order valence-corrected chi connectivity index (χ3v) is 8.78. The number of rotatable bonds is 1. The Balaban J connectivity index is 1.54. The van der Waals surface area contributed by atoms with Crippen LogP contribution < -0.4 is 0 Å². The van der Waals surface area contributed by atoms with Gasteiger partial charge in [-0.25, -0.2) is 18.2 Å². The van der Waals surface area contributed by atoms with Crippen LogP contribution in [0, 0.1) is 23.7 Å². The maximum Gasteiger partial charge on any atom is 0.204 e. The van der Waals surface area contributed by atoms with Crippen molar-refractivity contribution >= 4 is 9.84 Å². The van der Waals surface area contributed by atoms with E-state index in [-0.39, 0.29) is 35.7 Å². The Hall–Kier alpha value is -0.710. The minimum Gasteiger partial charge on any atom is -0.392 e. The Labute approximate surface area is 165 Å². The van der Waals surface area contributed by atoms with Crippen LogP contribution in [0.1, 0.15) is 40.0 Å². The quantitative estimate of drug-likeness (QED) is 0.642. The van der Waals surface area contributed by atoms with Crippen molar-refractivity contribution in [2.45, 2.75) is 70.0 Å². The van der Waals surface area contributed by atoms with Gasteiger partial charge in [0.05, 0.1) is 11.9 Å². The molecule has 1 spiro atoms. The van der Waals surface area contributed by atoms with Gasteiger partial charge in [0.15, 0.2) is 21.7 Å². The summed E-state index contributed by atoms with van der Waals surface area (Å²) in [6.45, 7) is 6.41. The van der Waals surface area contributed by atoms with E-state index in [4.69, 9.17) is 19.2 Å². The summed E-state index contributed by atoms with van der Waals surface area (Å²) < 4.78 is 36.3. The van der Waals surface area contributed by atoms with E-state index in [1.807, 2.05) is 4.90 Å². The first-order valence-corrected chi connectivity index (χ1v) is 11.9. The minimum absolute atomic E-state index is 0.0542. The fourth-order valence-corrected chi connectivity index (χ4v) is 7.13. The van der Waals surface area contributed by atoms with Crippen LogP contribution in [0.5, 0.6) is 0 Å². The van der Waals surface area contributed by atoms with Crippen molar-refractivity contribution in [3.63, 3.8) is 0 Å². The van der Waals surface area contributed by atoms with Gasteiger partial charge in [0.2, 0.25) is 5.79 Å². The Morgan fingerprint density at radius 3 is 2.71 bits per heavy atom. The van der Waals surface area contributed by atoms with Crippen molar-refractivity contribution in [3.8, 4) is 0 Å². The van der Waals surface area contributed by atoms with Crippen LogP contribution in [-0.4, -0.2) is 60.7 Å². The van der Waals surface area contributed by atoms with Gasteiger partial charge in [-0.2, -0.15) is 0 Å².